The molecule has 0 bridgehead atoms. The van der Waals surface area contributed by atoms with Crippen LogP contribution in [0.1, 0.15) is 24.1 Å². The van der Waals surface area contributed by atoms with Crippen molar-refractivity contribution in [3.63, 3.8) is 0 Å². The van der Waals surface area contributed by atoms with E-state index >= 15 is 0 Å². The number of hydrogen-bond acceptors (Lipinski definition) is 4. The van der Waals surface area contributed by atoms with Gasteiger partial charge in [0.1, 0.15) is 0 Å². The highest BCUT2D eigenvalue weighted by molar-refractivity contribution is 5.84. The number of nitro benzene ring substituents is 1. The summed E-state index contributed by atoms with van der Waals surface area (Å²) < 4.78 is 0. The van der Waals surface area contributed by atoms with E-state index in [0.29, 0.717) is 0 Å². The molecule has 0 N–H and O–H groups in total. The number of rotatable bonds is 4. The van der Waals surface area contributed by atoms with Crippen LogP contribution in [0.4, 0.5) is 5.69 Å². The summed E-state index contributed by atoms with van der Waals surface area (Å²) >= 11 is 0. The Labute approximate surface area is 116 Å². The molecule has 0 saturated heterocycles. The lowest BCUT2D eigenvalue weighted by Crippen LogP contribution is -1.99. The minimum atomic E-state index is -0.530. The van der Waals surface area contributed by atoms with E-state index in [0.717, 1.165) is 5.56 Å². The summed E-state index contributed by atoms with van der Waals surface area (Å²) in [7, 11) is 0. The van der Waals surface area contributed by atoms with E-state index in [9.17, 15) is 15.2 Å². The van der Waals surface area contributed by atoms with Gasteiger partial charge in [0.15, 0.2) is 0 Å². The van der Waals surface area contributed by atoms with Gasteiger partial charge in [0.2, 0.25) is 0 Å². The first-order chi connectivity index (χ1) is 9.58. The molecule has 0 unspecified atom stereocenters. The van der Waals surface area contributed by atoms with Gasteiger partial charge in [-0.3, -0.25) is 15.1 Å². The second kappa shape index (κ2) is 5.97. The van der Waals surface area contributed by atoms with Crippen LogP contribution >= 0.6 is 0 Å². The maximum absolute atomic E-state index is 11.6. The highest BCUT2D eigenvalue weighted by atomic mass is 16.6. The van der Waals surface area contributed by atoms with Crippen LogP contribution in [0, 0.1) is 10.1 Å². The molecule has 0 aliphatic heterocycles. The lowest BCUT2D eigenvalue weighted by Gasteiger charge is -2.10. The lowest BCUT2D eigenvalue weighted by molar-refractivity contribution is -0.385. The van der Waals surface area contributed by atoms with E-state index in [-0.39, 0.29) is 23.0 Å². The molecule has 0 fully saturated rings. The van der Waals surface area contributed by atoms with Crippen LogP contribution in [-0.4, -0.2) is 11.1 Å². The van der Waals surface area contributed by atoms with Gasteiger partial charge in [-0.25, -0.2) is 0 Å². The summed E-state index contributed by atoms with van der Waals surface area (Å²) in [5, 5.41) is 22.3. The summed E-state index contributed by atoms with van der Waals surface area (Å²) in [6.07, 6.45) is 1.40. The molecule has 5 heteroatoms. The molecule has 2 aromatic rings. The zero-order valence-electron chi connectivity index (χ0n) is 10.9. The molecule has 2 rings (SSSR count). The van der Waals surface area contributed by atoms with Crippen LogP contribution < -0.4 is 5.11 Å². The van der Waals surface area contributed by atoms with Gasteiger partial charge in [-0.1, -0.05) is 42.1 Å². The monoisotopic (exact) mass is 269 g/mol. The Balaban J connectivity index is 2.23. The molecule has 0 amide bonds. The fourth-order valence-corrected chi connectivity index (χ4v) is 1.76. The fraction of sp³-hybridized carbons (Fsp3) is 0.133. The molecule has 0 aromatic heterocycles. The lowest BCUT2D eigenvalue weighted by atomic mass is 10.1. The Kier molecular flexibility index (Phi) is 4.10. The van der Waals surface area contributed by atoms with Crippen LogP contribution in [-0.2, 0) is 0 Å². The van der Waals surface area contributed by atoms with E-state index in [4.69, 9.17) is 0 Å². The smallest absolute Gasteiger partial charge is 0.270 e. The summed E-state index contributed by atoms with van der Waals surface area (Å²) in [6, 6.07) is 13.1. The van der Waals surface area contributed by atoms with E-state index < -0.39 is 4.92 Å². The molecule has 0 aliphatic rings. The largest absolute Gasteiger partial charge is 0.872 e. The third-order valence-corrected chi connectivity index (χ3v) is 2.92. The minimum Gasteiger partial charge on any atom is -0.872 e. The number of nitro groups is 1. The molecule has 0 aliphatic carbocycles. The zero-order chi connectivity index (χ0) is 14.5. The van der Waals surface area contributed by atoms with Crippen LogP contribution in [0.5, 0.6) is 5.75 Å². The Bertz CT molecular complexity index is 639. The average molecular weight is 269 g/mol. The van der Waals surface area contributed by atoms with Crippen LogP contribution in [0.3, 0.4) is 0 Å². The van der Waals surface area contributed by atoms with Crippen molar-refractivity contribution in [2.24, 2.45) is 4.99 Å². The van der Waals surface area contributed by atoms with Gasteiger partial charge >= 0.3 is 0 Å². The first-order valence-corrected chi connectivity index (χ1v) is 6.11. The maximum Gasteiger partial charge on any atom is 0.270 e. The van der Waals surface area contributed by atoms with Crippen molar-refractivity contribution >= 4 is 11.9 Å². The maximum atomic E-state index is 11.6. The highest BCUT2D eigenvalue weighted by Crippen LogP contribution is 2.21. The molecule has 5 nitrogen and oxygen atoms in total. The number of nitrogens with zero attached hydrogens (tertiary/aromatic N) is 2. The van der Waals surface area contributed by atoms with Gasteiger partial charge in [0.25, 0.3) is 5.69 Å². The normalized spacial score (nSPS) is 12.4. The Hall–Kier alpha value is -2.69. The number of hydrogen-bond donors (Lipinski definition) is 0. The Morgan fingerprint density at radius 1 is 1.20 bits per heavy atom. The minimum absolute atomic E-state index is 0.113. The fourth-order valence-electron chi connectivity index (χ4n) is 1.76. The molecule has 20 heavy (non-hydrogen) atoms. The van der Waals surface area contributed by atoms with Gasteiger partial charge in [0.05, 0.1) is 11.0 Å². The Morgan fingerprint density at radius 3 is 2.55 bits per heavy atom. The molecular weight excluding hydrogens is 256 g/mol. The quantitative estimate of drug-likeness (QED) is 0.486. The van der Waals surface area contributed by atoms with Crippen LogP contribution in [0.15, 0.2) is 53.5 Å². The van der Waals surface area contributed by atoms with Gasteiger partial charge in [-0.2, -0.15) is 0 Å². The van der Waals surface area contributed by atoms with E-state index in [1.165, 1.54) is 24.4 Å². The van der Waals surface area contributed by atoms with Crippen LogP contribution in [0.2, 0.25) is 0 Å². The van der Waals surface area contributed by atoms with Crippen molar-refractivity contribution in [2.75, 3.05) is 0 Å². The van der Waals surface area contributed by atoms with E-state index in [2.05, 4.69) is 4.99 Å². The predicted octanol–water partition coefficient (Wildman–Crippen LogP) is 2.85. The van der Waals surface area contributed by atoms with Crippen molar-refractivity contribution in [2.45, 2.75) is 13.0 Å². The number of non-ortho nitro benzene ring substituents is 1. The molecule has 2 aromatic carbocycles. The SMILES string of the molecule is C[C@@H](N=Cc1cc([N+](=O)[O-])ccc1[O-])c1ccccc1. The highest BCUT2D eigenvalue weighted by Gasteiger charge is 2.06. The summed E-state index contributed by atoms with van der Waals surface area (Å²) in [5.41, 5.74) is 1.13. The van der Waals surface area contributed by atoms with Gasteiger partial charge in [0, 0.05) is 18.3 Å². The number of aliphatic imine (C=N–C) groups is 1. The molecular formula is C15H13N2O3-. The van der Waals surface area contributed by atoms with E-state index in [1.807, 2.05) is 37.3 Å². The average Bonchev–Trinajstić information content (AvgIpc) is 2.46. The van der Waals surface area contributed by atoms with Crippen molar-refractivity contribution in [3.8, 4) is 5.75 Å². The second-order valence-corrected chi connectivity index (χ2v) is 4.34. The molecule has 1 atom stereocenters. The molecule has 102 valence electrons. The summed E-state index contributed by atoms with van der Waals surface area (Å²) in [6.45, 7) is 1.90. The van der Waals surface area contributed by atoms with Crippen molar-refractivity contribution < 1.29 is 10.0 Å². The van der Waals surface area contributed by atoms with Crippen molar-refractivity contribution in [1.29, 1.82) is 0 Å². The van der Waals surface area contributed by atoms with Crippen molar-refractivity contribution in [1.82, 2.24) is 0 Å². The summed E-state index contributed by atoms with van der Waals surface area (Å²) in [4.78, 5) is 14.4. The summed E-state index contributed by atoms with van der Waals surface area (Å²) in [5.74, 6) is -0.278. The second-order valence-electron chi connectivity index (χ2n) is 4.34. The van der Waals surface area contributed by atoms with Gasteiger partial charge in [-0.15, -0.1) is 0 Å². The third-order valence-electron chi connectivity index (χ3n) is 2.92. The molecule has 0 heterocycles. The first-order valence-electron chi connectivity index (χ1n) is 6.11. The van der Waals surface area contributed by atoms with E-state index in [1.54, 1.807) is 0 Å². The predicted molar refractivity (Wildman–Crippen MR) is 75.0 cm³/mol. The van der Waals surface area contributed by atoms with Gasteiger partial charge in [-0.05, 0) is 18.1 Å². The molecule has 0 radical (unpaired) electrons. The Morgan fingerprint density at radius 2 is 1.90 bits per heavy atom. The van der Waals surface area contributed by atoms with Crippen LogP contribution in [0.25, 0.3) is 0 Å². The molecule has 0 saturated carbocycles. The first kappa shape index (κ1) is 13.7. The standard InChI is InChI=1S/C15H14N2O3/c1-11(12-5-3-2-4-6-12)16-10-13-9-14(17(19)20)7-8-15(13)18/h2-11,18H,1H3/p-1/t11-/m1/s1. The third kappa shape index (κ3) is 3.20. The van der Waals surface area contributed by atoms with Crippen molar-refractivity contribution in [3.05, 3.63) is 69.8 Å². The zero-order valence-corrected chi connectivity index (χ0v) is 10.9. The van der Waals surface area contributed by atoms with Gasteiger partial charge < -0.3 is 5.11 Å². The topological polar surface area (TPSA) is 78.6 Å². The molecule has 0 spiro atoms. The number of benzene rings is 2.